The molecule has 0 fully saturated rings. The Morgan fingerprint density at radius 2 is 0.379 bits per heavy atom. The van der Waals surface area contributed by atoms with Crippen LogP contribution < -0.4 is 0 Å². The number of hydrogen-bond donors (Lipinski definition) is 0. The molecule has 0 saturated carbocycles. The summed E-state index contributed by atoms with van der Waals surface area (Å²) in [4.78, 5) is 80.3. The van der Waals surface area contributed by atoms with Gasteiger partial charge in [0.05, 0.1) is 25.7 Å². The van der Waals surface area contributed by atoms with Gasteiger partial charge in [-0.15, -0.1) is 0 Å². The van der Waals surface area contributed by atoms with E-state index >= 15 is 0 Å². The second kappa shape index (κ2) is 24.7. The number of rotatable bonds is 8. The number of hydrogen-bond acceptors (Lipinski definition) is 8. The van der Waals surface area contributed by atoms with Crippen molar-refractivity contribution in [2.75, 3.05) is 0 Å². The van der Waals surface area contributed by atoms with Crippen LogP contribution in [0.25, 0.3) is 0 Å². The number of ketones is 8. The van der Waals surface area contributed by atoms with Crippen molar-refractivity contribution in [3.8, 4) is 0 Å². The van der Waals surface area contributed by atoms with Gasteiger partial charge in [-0.1, -0.05) is 0 Å². The molecule has 0 radical (unpaired) electrons. The molecular weight excluding hydrogens is 600 g/mol. The van der Waals surface area contributed by atoms with E-state index in [0.717, 1.165) is 0 Å². The molecule has 0 bridgehead atoms. The van der Waals surface area contributed by atoms with E-state index in [2.05, 4.69) is 0 Å². The predicted molar refractivity (Wildman–Crippen MR) is 104 cm³/mol. The second-order valence-corrected chi connectivity index (χ2v) is 6.32. The van der Waals surface area contributed by atoms with Crippen LogP contribution in [0.2, 0.25) is 0 Å². The number of carbonyl (C=O) groups is 8. The molecule has 0 aromatic carbocycles. The zero-order chi connectivity index (χ0) is 23.4. The van der Waals surface area contributed by atoms with Crippen molar-refractivity contribution in [2.24, 2.45) is 0 Å². The van der Waals surface area contributed by atoms with Crippen LogP contribution in [0.4, 0.5) is 0 Å². The Hall–Kier alpha value is -1.32. The molecule has 29 heavy (non-hydrogen) atoms. The van der Waals surface area contributed by atoms with Crippen LogP contribution in [0.3, 0.4) is 0 Å². The first-order valence-electron chi connectivity index (χ1n) is 8.46. The number of Topliss-reactive ketones (excluding diaryl/α,β-unsaturated/α-hetero) is 8. The topological polar surface area (TPSA) is 137 Å². The standard InChI is InChI=1S/4C5H8O2.Th/c4*1-4(6)3-5(2)7;/h4*3H2,1-2H3;. The molecule has 0 aliphatic carbocycles. The normalized spacial score (nSPS) is 8.00. The summed E-state index contributed by atoms with van der Waals surface area (Å²) in [6.45, 7) is 11.2. The molecule has 0 aromatic rings. The van der Waals surface area contributed by atoms with Gasteiger partial charge >= 0.3 is 0 Å². The molecule has 8 nitrogen and oxygen atoms in total. The van der Waals surface area contributed by atoms with Gasteiger partial charge in [-0.05, 0) is 55.4 Å². The van der Waals surface area contributed by atoms with Crippen LogP contribution in [0, 0.1) is 39.9 Å². The van der Waals surface area contributed by atoms with Gasteiger partial charge in [0.2, 0.25) is 0 Å². The zero-order valence-corrected chi connectivity index (χ0v) is 22.7. The van der Waals surface area contributed by atoms with Gasteiger partial charge in [0.25, 0.3) is 0 Å². The molecule has 0 spiro atoms. The van der Waals surface area contributed by atoms with E-state index in [1.807, 2.05) is 0 Å². The quantitative estimate of drug-likeness (QED) is 0.372. The molecule has 0 atom stereocenters. The molecule has 0 saturated heterocycles. The molecule has 0 aromatic heterocycles. The largest absolute Gasteiger partial charge is 0.300 e. The fraction of sp³-hybridized carbons (Fsp3) is 0.600. The third-order valence-corrected chi connectivity index (χ3v) is 1.99. The van der Waals surface area contributed by atoms with Gasteiger partial charge in [0.1, 0.15) is 46.3 Å². The first-order chi connectivity index (χ1) is 12.5. The van der Waals surface area contributed by atoms with Gasteiger partial charge in [-0.2, -0.15) is 0 Å². The average Bonchev–Trinajstić information content (AvgIpc) is 2.32. The summed E-state index contributed by atoms with van der Waals surface area (Å²) in [7, 11) is 0. The van der Waals surface area contributed by atoms with Crippen molar-refractivity contribution in [1.82, 2.24) is 0 Å². The summed E-state index contributed by atoms with van der Waals surface area (Å²) in [5, 5.41) is 0. The van der Waals surface area contributed by atoms with E-state index in [0.29, 0.717) is 0 Å². The van der Waals surface area contributed by atoms with Crippen LogP contribution in [0.1, 0.15) is 81.1 Å². The van der Waals surface area contributed by atoms with Gasteiger partial charge < -0.3 is 0 Å². The third-order valence-electron chi connectivity index (χ3n) is 1.99. The maximum absolute atomic E-state index is 10.0. The monoisotopic (exact) mass is 632 g/mol. The molecule has 9 heteroatoms. The molecular formula is C20H32O8Th. The Morgan fingerprint density at radius 3 is 0.379 bits per heavy atom. The molecule has 0 aliphatic rings. The van der Waals surface area contributed by atoms with Crippen molar-refractivity contribution in [3.05, 3.63) is 0 Å². The van der Waals surface area contributed by atoms with Crippen LogP contribution in [0.5, 0.6) is 0 Å². The van der Waals surface area contributed by atoms with E-state index in [1.54, 1.807) is 0 Å². The Balaban J connectivity index is -0.0000000873. The summed E-state index contributed by atoms with van der Waals surface area (Å²) in [5.74, 6) is -0.500. The predicted octanol–water partition coefficient (Wildman–Crippen LogP) is 2.22. The zero-order valence-electron chi connectivity index (χ0n) is 18.6. The summed E-state index contributed by atoms with van der Waals surface area (Å²) in [6, 6.07) is 0. The van der Waals surface area contributed by atoms with Crippen LogP contribution >= 0.6 is 0 Å². The summed E-state index contributed by atoms with van der Waals surface area (Å²) >= 11 is 0. The SMILES string of the molecule is CC(=O)CC(C)=O.CC(=O)CC(C)=O.CC(=O)CC(C)=O.CC(=O)CC(C)=O.[Th]. The fourth-order valence-electron chi connectivity index (χ4n) is 1.40. The molecule has 0 aliphatic heterocycles. The fourth-order valence-corrected chi connectivity index (χ4v) is 1.40. The average molecular weight is 633 g/mol. The van der Waals surface area contributed by atoms with Crippen LogP contribution in [-0.2, 0) is 38.4 Å². The third kappa shape index (κ3) is 75.4. The van der Waals surface area contributed by atoms with E-state index < -0.39 is 0 Å². The second-order valence-electron chi connectivity index (χ2n) is 6.32. The summed E-state index contributed by atoms with van der Waals surface area (Å²) < 4.78 is 0. The molecule has 0 amide bonds. The smallest absolute Gasteiger partial charge is 0.137 e. The van der Waals surface area contributed by atoms with Crippen molar-refractivity contribution in [3.63, 3.8) is 0 Å². The van der Waals surface area contributed by atoms with Crippen molar-refractivity contribution in [2.45, 2.75) is 81.1 Å². The van der Waals surface area contributed by atoms with Crippen molar-refractivity contribution in [1.29, 1.82) is 0 Å². The van der Waals surface area contributed by atoms with Crippen molar-refractivity contribution < 1.29 is 78.3 Å². The maximum atomic E-state index is 10.0. The minimum absolute atomic E-state index is 0. The van der Waals surface area contributed by atoms with Crippen molar-refractivity contribution >= 4 is 46.3 Å². The minimum Gasteiger partial charge on any atom is -0.300 e. The van der Waals surface area contributed by atoms with Gasteiger partial charge in [-0.3, -0.25) is 38.4 Å². The van der Waals surface area contributed by atoms with E-state index in [-0.39, 0.29) is 112 Å². The minimum atomic E-state index is -0.0625. The van der Waals surface area contributed by atoms with Crippen LogP contribution in [-0.4, -0.2) is 46.3 Å². The van der Waals surface area contributed by atoms with E-state index in [1.165, 1.54) is 55.4 Å². The molecule has 0 N–H and O–H groups in total. The summed E-state index contributed by atoms with van der Waals surface area (Å²) in [5.41, 5.74) is 0. The molecule has 0 heterocycles. The van der Waals surface area contributed by atoms with Crippen LogP contribution in [0.15, 0.2) is 0 Å². The van der Waals surface area contributed by atoms with Gasteiger partial charge in [0.15, 0.2) is 0 Å². The maximum Gasteiger partial charge on any atom is 0.137 e. The number of carbonyl (C=O) groups excluding carboxylic acids is 8. The molecule has 0 unspecified atom stereocenters. The first kappa shape index (κ1) is 38.3. The Bertz CT molecular complexity index is 439. The van der Waals surface area contributed by atoms with E-state index in [9.17, 15) is 38.4 Å². The summed E-state index contributed by atoms with van der Waals surface area (Å²) in [6.07, 6.45) is 0.333. The first-order valence-corrected chi connectivity index (χ1v) is 8.46. The Kier molecular flexibility index (Phi) is 32.7. The Morgan fingerprint density at radius 1 is 0.310 bits per heavy atom. The van der Waals surface area contributed by atoms with Gasteiger partial charge in [-0.25, -0.2) is 0 Å². The molecule has 164 valence electrons. The van der Waals surface area contributed by atoms with E-state index in [4.69, 9.17) is 0 Å². The van der Waals surface area contributed by atoms with Gasteiger partial charge in [0, 0.05) is 39.9 Å². The molecule has 0 rings (SSSR count). The Labute approximate surface area is 204 Å².